The third-order valence-corrected chi connectivity index (χ3v) is 2.66. The van der Waals surface area contributed by atoms with Crippen molar-refractivity contribution in [2.45, 2.75) is 13.3 Å². The lowest BCUT2D eigenvalue weighted by atomic mass is 10.2. The van der Waals surface area contributed by atoms with Crippen LogP contribution in [0.2, 0.25) is 5.02 Å². The molecule has 1 rings (SSSR count). The summed E-state index contributed by atoms with van der Waals surface area (Å²) in [6.45, 7) is 1.87. The van der Waals surface area contributed by atoms with E-state index in [1.54, 1.807) is 24.3 Å². The summed E-state index contributed by atoms with van der Waals surface area (Å²) in [7, 11) is 0. The number of carbonyl (C=O) groups is 2. The van der Waals surface area contributed by atoms with Crippen molar-refractivity contribution >= 4 is 23.5 Å². The Morgan fingerprint density at radius 1 is 1.47 bits per heavy atom. The number of carboxylic acid groups (broad SMARTS) is 1. The maximum Gasteiger partial charge on any atom is 0.308 e. The van der Waals surface area contributed by atoms with Gasteiger partial charge in [0, 0.05) is 11.6 Å². The lowest BCUT2D eigenvalue weighted by Crippen LogP contribution is -2.32. The Hall–Kier alpha value is -1.75. The van der Waals surface area contributed by atoms with Gasteiger partial charge in [-0.3, -0.25) is 9.59 Å². The summed E-state index contributed by atoms with van der Waals surface area (Å²) in [6.07, 6.45) is 0.166. The molecule has 0 aliphatic carbocycles. The zero-order chi connectivity index (χ0) is 14.3. The predicted molar refractivity (Wildman–Crippen MR) is 71.4 cm³/mol. The molecule has 19 heavy (non-hydrogen) atoms. The van der Waals surface area contributed by atoms with E-state index in [0.717, 1.165) is 0 Å². The van der Waals surface area contributed by atoms with E-state index >= 15 is 0 Å². The van der Waals surface area contributed by atoms with Crippen molar-refractivity contribution in [3.63, 3.8) is 0 Å². The first-order valence-electron chi connectivity index (χ1n) is 5.87. The molecule has 0 aliphatic rings. The quantitative estimate of drug-likeness (QED) is 0.803. The van der Waals surface area contributed by atoms with Crippen LogP contribution in [0.1, 0.15) is 13.3 Å². The van der Waals surface area contributed by atoms with Crippen molar-refractivity contribution in [1.82, 2.24) is 5.32 Å². The van der Waals surface area contributed by atoms with Gasteiger partial charge in [-0.25, -0.2) is 0 Å². The average Bonchev–Trinajstić information content (AvgIpc) is 2.36. The number of hydrogen-bond donors (Lipinski definition) is 2. The second-order valence-electron chi connectivity index (χ2n) is 4.10. The highest BCUT2D eigenvalue weighted by molar-refractivity contribution is 6.30. The maximum absolute atomic E-state index is 11.4. The Balaban J connectivity index is 2.22. The van der Waals surface area contributed by atoms with E-state index in [-0.39, 0.29) is 25.5 Å². The van der Waals surface area contributed by atoms with E-state index < -0.39 is 11.9 Å². The third-order valence-electron chi connectivity index (χ3n) is 2.42. The van der Waals surface area contributed by atoms with Crippen molar-refractivity contribution in [2.75, 3.05) is 13.2 Å². The molecule has 0 fully saturated rings. The zero-order valence-corrected chi connectivity index (χ0v) is 11.3. The summed E-state index contributed by atoms with van der Waals surface area (Å²) in [6, 6.07) is 6.89. The molecule has 6 heteroatoms. The van der Waals surface area contributed by atoms with E-state index in [0.29, 0.717) is 10.8 Å². The first-order valence-corrected chi connectivity index (χ1v) is 6.24. The molecule has 5 nitrogen and oxygen atoms in total. The SMILES string of the molecule is CC(CNC(=O)CCOc1cccc(Cl)c1)C(=O)O. The molecular weight excluding hydrogens is 270 g/mol. The van der Waals surface area contributed by atoms with E-state index in [2.05, 4.69) is 5.32 Å². The number of nitrogens with one attached hydrogen (secondary N) is 1. The number of ether oxygens (including phenoxy) is 1. The van der Waals surface area contributed by atoms with Gasteiger partial charge in [-0.05, 0) is 18.2 Å². The summed E-state index contributed by atoms with van der Waals surface area (Å²) in [5.41, 5.74) is 0. The highest BCUT2D eigenvalue weighted by Gasteiger charge is 2.11. The maximum atomic E-state index is 11.4. The minimum Gasteiger partial charge on any atom is -0.493 e. The van der Waals surface area contributed by atoms with Crippen LogP contribution >= 0.6 is 11.6 Å². The Labute approximate surface area is 116 Å². The van der Waals surface area contributed by atoms with Gasteiger partial charge in [-0.15, -0.1) is 0 Å². The normalized spacial score (nSPS) is 11.7. The zero-order valence-electron chi connectivity index (χ0n) is 10.6. The van der Waals surface area contributed by atoms with E-state index in [1.807, 2.05) is 0 Å². The number of halogens is 1. The molecular formula is C13H16ClNO4. The van der Waals surface area contributed by atoms with E-state index in [9.17, 15) is 9.59 Å². The van der Waals surface area contributed by atoms with Crippen LogP contribution < -0.4 is 10.1 Å². The monoisotopic (exact) mass is 285 g/mol. The van der Waals surface area contributed by atoms with Crippen LogP contribution in [-0.2, 0) is 9.59 Å². The molecule has 104 valence electrons. The van der Waals surface area contributed by atoms with Gasteiger partial charge in [0.05, 0.1) is 18.9 Å². The van der Waals surface area contributed by atoms with Crippen molar-refractivity contribution in [3.8, 4) is 5.75 Å². The summed E-state index contributed by atoms with van der Waals surface area (Å²) in [5, 5.41) is 11.8. The summed E-state index contributed by atoms with van der Waals surface area (Å²) in [5.74, 6) is -1.18. The number of carbonyl (C=O) groups excluding carboxylic acids is 1. The third kappa shape index (κ3) is 6.10. The Bertz CT molecular complexity index is 450. The van der Waals surface area contributed by atoms with E-state index in [1.165, 1.54) is 6.92 Å². The highest BCUT2D eigenvalue weighted by atomic mass is 35.5. The first-order chi connectivity index (χ1) is 8.99. The van der Waals surface area contributed by atoms with Gasteiger partial charge in [-0.2, -0.15) is 0 Å². The van der Waals surface area contributed by atoms with Crippen molar-refractivity contribution in [3.05, 3.63) is 29.3 Å². The Morgan fingerprint density at radius 3 is 2.84 bits per heavy atom. The molecule has 2 N–H and O–H groups in total. The number of aliphatic carboxylic acids is 1. The number of rotatable bonds is 7. The Kier molecular flexibility index (Phi) is 6.15. The molecule has 1 atom stereocenters. The van der Waals surface area contributed by atoms with Gasteiger partial charge in [0.15, 0.2) is 0 Å². The van der Waals surface area contributed by atoms with Crippen LogP contribution in [0, 0.1) is 5.92 Å². The molecule has 0 aliphatic heterocycles. The minimum atomic E-state index is -0.935. The summed E-state index contributed by atoms with van der Waals surface area (Å²) >= 11 is 5.79. The molecule has 0 spiro atoms. The Morgan fingerprint density at radius 2 is 2.21 bits per heavy atom. The average molecular weight is 286 g/mol. The van der Waals surface area contributed by atoms with Gasteiger partial charge < -0.3 is 15.2 Å². The number of hydrogen-bond acceptors (Lipinski definition) is 3. The van der Waals surface area contributed by atoms with Crippen molar-refractivity contribution < 1.29 is 19.4 Å². The second-order valence-corrected chi connectivity index (χ2v) is 4.54. The standard InChI is InChI=1S/C13H16ClNO4/c1-9(13(17)18)8-15-12(16)5-6-19-11-4-2-3-10(14)7-11/h2-4,7,9H,5-6,8H2,1H3,(H,15,16)(H,17,18). The van der Waals surface area contributed by atoms with Crippen LogP contribution in [-0.4, -0.2) is 30.1 Å². The number of carboxylic acids is 1. The largest absolute Gasteiger partial charge is 0.493 e. The molecule has 1 aromatic rings. The molecule has 1 unspecified atom stereocenters. The van der Waals surface area contributed by atoms with Crippen molar-refractivity contribution in [2.24, 2.45) is 5.92 Å². The van der Waals surface area contributed by atoms with E-state index in [4.69, 9.17) is 21.4 Å². The molecule has 0 bridgehead atoms. The van der Waals surface area contributed by atoms with Crippen LogP contribution in [0.3, 0.4) is 0 Å². The fourth-order valence-electron chi connectivity index (χ4n) is 1.26. The smallest absolute Gasteiger partial charge is 0.308 e. The lowest BCUT2D eigenvalue weighted by Gasteiger charge is -2.09. The van der Waals surface area contributed by atoms with Gasteiger partial charge in [0.1, 0.15) is 5.75 Å². The summed E-state index contributed by atoms with van der Waals surface area (Å²) < 4.78 is 5.35. The van der Waals surface area contributed by atoms with Crippen molar-refractivity contribution in [1.29, 1.82) is 0 Å². The van der Waals surface area contributed by atoms with Crippen LogP contribution in [0.25, 0.3) is 0 Å². The topological polar surface area (TPSA) is 75.6 Å². The van der Waals surface area contributed by atoms with Crippen LogP contribution in [0.4, 0.5) is 0 Å². The summed E-state index contributed by atoms with van der Waals surface area (Å²) in [4.78, 5) is 22.0. The first kappa shape index (κ1) is 15.3. The molecule has 1 amide bonds. The fourth-order valence-corrected chi connectivity index (χ4v) is 1.44. The lowest BCUT2D eigenvalue weighted by molar-refractivity contribution is -0.141. The molecule has 0 heterocycles. The van der Waals surface area contributed by atoms with Gasteiger partial charge in [0.25, 0.3) is 0 Å². The predicted octanol–water partition coefficient (Wildman–Crippen LogP) is 1.95. The molecule has 0 radical (unpaired) electrons. The highest BCUT2D eigenvalue weighted by Crippen LogP contribution is 2.17. The van der Waals surface area contributed by atoms with Crippen LogP contribution in [0.5, 0.6) is 5.75 Å². The second kappa shape index (κ2) is 7.63. The fraction of sp³-hybridized carbons (Fsp3) is 0.385. The number of amides is 1. The molecule has 0 saturated heterocycles. The van der Waals surface area contributed by atoms with Gasteiger partial charge >= 0.3 is 5.97 Å². The minimum absolute atomic E-state index is 0.116. The van der Waals surface area contributed by atoms with Crippen LogP contribution in [0.15, 0.2) is 24.3 Å². The molecule has 1 aromatic carbocycles. The molecule has 0 saturated carbocycles. The van der Waals surface area contributed by atoms with Gasteiger partial charge in [-0.1, -0.05) is 24.6 Å². The number of benzene rings is 1. The van der Waals surface area contributed by atoms with Gasteiger partial charge in [0.2, 0.25) is 5.91 Å². The molecule has 0 aromatic heterocycles.